The third-order valence-electron chi connectivity index (χ3n) is 3.71. The smallest absolute Gasteiger partial charge is 0.190 e. The number of nitrogens with zero attached hydrogens (tertiary/aromatic N) is 4. The summed E-state index contributed by atoms with van der Waals surface area (Å²) in [6, 6.07) is 0. The molecule has 4 saturated heterocycles. The van der Waals surface area contributed by atoms with Crippen LogP contribution in [0.5, 0.6) is 0 Å². The standard InChI is InChI=1S/C6H18N10/c7-4(8)13-1-14-3-16(4)6(11,12)15(2-13)5(14,9)10/h1-3,7-12H2. The molecule has 12 N–H and O–H groups in total. The monoisotopic (exact) mass is 230 g/mol. The van der Waals surface area contributed by atoms with Crippen LogP contribution in [0.4, 0.5) is 0 Å². The van der Waals surface area contributed by atoms with Gasteiger partial charge in [0.2, 0.25) is 0 Å². The van der Waals surface area contributed by atoms with Crippen molar-refractivity contribution in [3.05, 3.63) is 0 Å². The SMILES string of the molecule is NC1(N)N2CN3CN1C(N)(N)N(C2)C3(N)N. The maximum atomic E-state index is 6.02. The molecule has 0 radical (unpaired) electrons. The van der Waals surface area contributed by atoms with Crippen LogP contribution in [0.1, 0.15) is 0 Å². The van der Waals surface area contributed by atoms with Crippen LogP contribution in [0.2, 0.25) is 0 Å². The van der Waals surface area contributed by atoms with E-state index in [0.717, 1.165) is 0 Å². The van der Waals surface area contributed by atoms with Crippen molar-refractivity contribution >= 4 is 0 Å². The first kappa shape index (κ1) is 10.7. The Morgan fingerprint density at radius 1 is 0.562 bits per heavy atom. The van der Waals surface area contributed by atoms with Crippen LogP contribution in [0.3, 0.4) is 0 Å². The molecule has 0 aromatic heterocycles. The van der Waals surface area contributed by atoms with Gasteiger partial charge in [0.05, 0.1) is 20.0 Å². The Labute approximate surface area is 92.6 Å². The van der Waals surface area contributed by atoms with Gasteiger partial charge in [-0.05, 0) is 0 Å². The van der Waals surface area contributed by atoms with Crippen LogP contribution in [-0.4, -0.2) is 57.3 Å². The second-order valence-corrected chi connectivity index (χ2v) is 4.71. The zero-order chi connectivity index (χ0) is 11.9. The molecular weight excluding hydrogens is 212 g/mol. The molecule has 0 saturated carbocycles. The van der Waals surface area contributed by atoms with Gasteiger partial charge in [0.15, 0.2) is 17.7 Å². The van der Waals surface area contributed by atoms with E-state index in [2.05, 4.69) is 0 Å². The van der Waals surface area contributed by atoms with E-state index in [-0.39, 0.29) is 0 Å². The van der Waals surface area contributed by atoms with E-state index < -0.39 is 17.7 Å². The van der Waals surface area contributed by atoms with Crippen molar-refractivity contribution in [3.63, 3.8) is 0 Å². The summed E-state index contributed by atoms with van der Waals surface area (Å²) in [5.41, 5.74) is 36.1. The van der Waals surface area contributed by atoms with Crippen LogP contribution in [0, 0.1) is 0 Å². The van der Waals surface area contributed by atoms with E-state index in [4.69, 9.17) is 34.4 Å². The molecule has 4 fully saturated rings. The maximum absolute atomic E-state index is 6.02. The fraction of sp³-hybridized carbons (Fsp3) is 1.00. The largest absolute Gasteiger partial charge is 0.287 e. The molecule has 4 aliphatic rings. The average Bonchev–Trinajstić information content (AvgIpc) is 2.09. The summed E-state index contributed by atoms with van der Waals surface area (Å²) in [5.74, 6) is -3.69. The van der Waals surface area contributed by atoms with Gasteiger partial charge in [0.1, 0.15) is 0 Å². The normalized spacial score (nSPS) is 50.6. The molecular formula is C6H18N10. The summed E-state index contributed by atoms with van der Waals surface area (Å²) >= 11 is 0. The van der Waals surface area contributed by atoms with Gasteiger partial charge >= 0.3 is 0 Å². The molecule has 4 unspecified atom stereocenters. The molecule has 0 aliphatic carbocycles. The van der Waals surface area contributed by atoms with E-state index in [1.165, 1.54) is 0 Å². The van der Waals surface area contributed by atoms with Crippen LogP contribution in [0.25, 0.3) is 0 Å². The Kier molecular flexibility index (Phi) is 1.70. The first-order chi connectivity index (χ1) is 7.18. The Balaban J connectivity index is 2.09. The van der Waals surface area contributed by atoms with Crippen molar-refractivity contribution in [2.75, 3.05) is 20.0 Å². The summed E-state index contributed by atoms with van der Waals surface area (Å²) in [6.45, 7) is 1.16. The molecule has 92 valence electrons. The van der Waals surface area contributed by atoms with E-state index in [1.807, 2.05) is 0 Å². The topological polar surface area (TPSA) is 169 Å². The molecule has 0 spiro atoms. The van der Waals surface area contributed by atoms with Gasteiger partial charge < -0.3 is 0 Å². The van der Waals surface area contributed by atoms with Gasteiger partial charge in [0.25, 0.3) is 0 Å². The molecule has 10 nitrogen and oxygen atoms in total. The fourth-order valence-electron chi connectivity index (χ4n) is 2.60. The highest BCUT2D eigenvalue weighted by Crippen LogP contribution is 2.38. The minimum Gasteiger partial charge on any atom is -0.287 e. The van der Waals surface area contributed by atoms with E-state index in [0.29, 0.717) is 20.0 Å². The first-order valence-corrected chi connectivity index (χ1v) is 4.97. The third-order valence-corrected chi connectivity index (χ3v) is 3.71. The van der Waals surface area contributed by atoms with Crippen molar-refractivity contribution in [2.24, 2.45) is 34.4 Å². The summed E-state index contributed by atoms with van der Waals surface area (Å²) in [5, 5.41) is 0. The van der Waals surface area contributed by atoms with Crippen molar-refractivity contribution in [2.45, 2.75) is 17.7 Å². The molecule has 4 atom stereocenters. The highest BCUT2D eigenvalue weighted by atomic mass is 15.9. The zero-order valence-corrected chi connectivity index (χ0v) is 8.87. The molecule has 0 amide bonds. The van der Waals surface area contributed by atoms with Crippen molar-refractivity contribution in [1.29, 1.82) is 0 Å². The molecule has 4 bridgehead atoms. The summed E-state index contributed by atoms with van der Waals surface area (Å²) < 4.78 is 0. The van der Waals surface area contributed by atoms with E-state index in [9.17, 15) is 0 Å². The van der Waals surface area contributed by atoms with Crippen molar-refractivity contribution in [1.82, 2.24) is 19.6 Å². The number of hydrogen-bond donors (Lipinski definition) is 6. The highest BCUT2D eigenvalue weighted by molar-refractivity contribution is 5.06. The van der Waals surface area contributed by atoms with Crippen molar-refractivity contribution in [3.8, 4) is 0 Å². The van der Waals surface area contributed by atoms with E-state index in [1.54, 1.807) is 19.6 Å². The van der Waals surface area contributed by atoms with Gasteiger partial charge in [-0.2, -0.15) is 0 Å². The first-order valence-electron chi connectivity index (χ1n) is 4.97. The summed E-state index contributed by atoms with van der Waals surface area (Å²) in [6.07, 6.45) is 0. The van der Waals surface area contributed by atoms with Crippen molar-refractivity contribution < 1.29 is 0 Å². The molecule has 4 aliphatic heterocycles. The third kappa shape index (κ3) is 0.953. The van der Waals surface area contributed by atoms with E-state index >= 15 is 0 Å². The lowest BCUT2D eigenvalue weighted by Gasteiger charge is -2.73. The Morgan fingerprint density at radius 3 is 1.31 bits per heavy atom. The molecule has 10 heteroatoms. The van der Waals surface area contributed by atoms with Crippen LogP contribution >= 0.6 is 0 Å². The predicted molar refractivity (Wildman–Crippen MR) is 55.3 cm³/mol. The lowest BCUT2D eigenvalue weighted by Crippen LogP contribution is -3.03. The van der Waals surface area contributed by atoms with Gasteiger partial charge in [-0.1, -0.05) is 0 Å². The highest BCUT2D eigenvalue weighted by Gasteiger charge is 2.66. The second-order valence-electron chi connectivity index (χ2n) is 4.71. The lowest BCUT2D eigenvalue weighted by molar-refractivity contribution is -0.388. The van der Waals surface area contributed by atoms with Gasteiger partial charge in [-0.15, -0.1) is 0 Å². The molecule has 4 rings (SSSR count). The quantitative estimate of drug-likeness (QED) is 0.221. The Morgan fingerprint density at radius 2 is 0.938 bits per heavy atom. The van der Waals surface area contributed by atoms with Crippen LogP contribution in [-0.2, 0) is 0 Å². The number of rotatable bonds is 0. The molecule has 16 heavy (non-hydrogen) atoms. The lowest BCUT2D eigenvalue weighted by atomic mass is 10.1. The minimum atomic E-state index is -1.35. The zero-order valence-electron chi connectivity index (χ0n) is 8.87. The Hall–Kier alpha value is -0.400. The van der Waals surface area contributed by atoms with Gasteiger partial charge in [0, 0.05) is 0 Å². The van der Waals surface area contributed by atoms with Crippen LogP contribution < -0.4 is 34.4 Å². The van der Waals surface area contributed by atoms with Crippen LogP contribution in [0.15, 0.2) is 0 Å². The number of nitrogens with two attached hydrogens (primary N) is 6. The fourth-order valence-corrected chi connectivity index (χ4v) is 2.60. The predicted octanol–water partition coefficient (Wildman–Crippen LogP) is -5.31. The molecule has 4 heterocycles. The summed E-state index contributed by atoms with van der Waals surface area (Å²) in [7, 11) is 0. The molecule has 0 aromatic rings. The Bertz CT molecular complexity index is 306. The molecule has 0 aromatic carbocycles. The minimum absolute atomic E-state index is 0.333. The second kappa shape index (κ2) is 2.54. The maximum Gasteiger partial charge on any atom is 0.190 e. The summed E-state index contributed by atoms with van der Waals surface area (Å²) in [4.78, 5) is 6.72. The van der Waals surface area contributed by atoms with Gasteiger partial charge in [-0.25, -0.2) is 19.6 Å². The van der Waals surface area contributed by atoms with Gasteiger partial charge in [-0.3, -0.25) is 34.4 Å². The average molecular weight is 230 g/mol. The number of hydrogen-bond acceptors (Lipinski definition) is 10.